The molecule has 1 aliphatic rings. The van der Waals surface area contributed by atoms with E-state index in [2.05, 4.69) is 20.4 Å². The fourth-order valence-corrected chi connectivity index (χ4v) is 3.89. The Morgan fingerprint density at radius 2 is 1.97 bits per heavy atom. The third-order valence-electron chi connectivity index (χ3n) is 5.67. The maximum Gasteiger partial charge on any atom is 0.435 e. The molecular formula is C27H22F3N5O4. The molecule has 0 bridgehead atoms. The molecule has 2 aromatic carbocycles. The highest BCUT2D eigenvalue weighted by molar-refractivity contribution is 5.87. The zero-order valence-corrected chi connectivity index (χ0v) is 20.8. The largest absolute Gasteiger partial charge is 0.463 e. The number of aromatic nitrogens is 4. The number of nitrogens with zero attached hydrogens (tertiary/aromatic N) is 4. The molecule has 39 heavy (non-hydrogen) atoms. The van der Waals surface area contributed by atoms with Crippen molar-refractivity contribution in [3.8, 4) is 28.4 Å². The summed E-state index contributed by atoms with van der Waals surface area (Å²) in [6.07, 6.45) is -0.251. The SMILES string of the molecule is CCOC(=O)/C=C/c1cccc(-c2cnc(Nc3ccc4c(c3)OCO4)nc2-n2nc(C(F)(F)F)cc2C)c1. The van der Waals surface area contributed by atoms with Gasteiger partial charge in [0.2, 0.25) is 12.7 Å². The molecule has 0 saturated heterocycles. The highest BCUT2D eigenvalue weighted by Gasteiger charge is 2.35. The molecule has 0 amide bonds. The van der Waals surface area contributed by atoms with Crippen LogP contribution in [0.15, 0.2) is 60.8 Å². The highest BCUT2D eigenvalue weighted by Crippen LogP contribution is 2.36. The predicted molar refractivity (Wildman–Crippen MR) is 136 cm³/mol. The molecule has 0 radical (unpaired) electrons. The molecule has 0 aliphatic carbocycles. The van der Waals surface area contributed by atoms with Crippen LogP contribution in [0.2, 0.25) is 0 Å². The van der Waals surface area contributed by atoms with Gasteiger partial charge in [0.25, 0.3) is 0 Å². The second kappa shape index (κ2) is 10.5. The molecule has 9 nitrogen and oxygen atoms in total. The lowest BCUT2D eigenvalue weighted by Crippen LogP contribution is -2.10. The summed E-state index contributed by atoms with van der Waals surface area (Å²) in [4.78, 5) is 20.7. The van der Waals surface area contributed by atoms with Gasteiger partial charge < -0.3 is 19.5 Å². The number of rotatable bonds is 7. The number of esters is 1. The number of alkyl halides is 3. The Morgan fingerprint density at radius 3 is 2.74 bits per heavy atom. The number of carbonyl (C=O) groups excluding carboxylic acids is 1. The number of hydrogen-bond donors (Lipinski definition) is 1. The number of anilines is 2. The van der Waals surface area contributed by atoms with Gasteiger partial charge in [0, 0.05) is 35.3 Å². The molecule has 0 atom stereocenters. The van der Waals surface area contributed by atoms with Crippen LogP contribution in [0.5, 0.6) is 11.5 Å². The fraction of sp³-hybridized carbons (Fsp3) is 0.185. The molecule has 2 aromatic heterocycles. The Kier molecular flexibility index (Phi) is 6.92. The van der Waals surface area contributed by atoms with Gasteiger partial charge in [-0.1, -0.05) is 18.2 Å². The average molecular weight is 537 g/mol. The summed E-state index contributed by atoms with van der Waals surface area (Å²) in [5.41, 5.74) is 1.49. The average Bonchev–Trinajstić information content (AvgIpc) is 3.54. The van der Waals surface area contributed by atoms with Crippen LogP contribution < -0.4 is 14.8 Å². The Labute approximate surface area is 220 Å². The summed E-state index contributed by atoms with van der Waals surface area (Å²) in [7, 11) is 0. The molecule has 0 unspecified atom stereocenters. The van der Waals surface area contributed by atoms with Gasteiger partial charge in [-0.2, -0.15) is 23.3 Å². The molecule has 12 heteroatoms. The lowest BCUT2D eigenvalue weighted by Gasteiger charge is -2.13. The van der Waals surface area contributed by atoms with Gasteiger partial charge in [-0.05, 0) is 55.3 Å². The lowest BCUT2D eigenvalue weighted by molar-refractivity contribution is -0.141. The minimum absolute atomic E-state index is 0.113. The summed E-state index contributed by atoms with van der Waals surface area (Å²) >= 11 is 0. The zero-order valence-electron chi connectivity index (χ0n) is 20.8. The number of fused-ring (bicyclic) bond motifs is 1. The van der Waals surface area contributed by atoms with E-state index in [-0.39, 0.29) is 30.9 Å². The smallest absolute Gasteiger partial charge is 0.435 e. The van der Waals surface area contributed by atoms with E-state index in [4.69, 9.17) is 14.2 Å². The Balaban J connectivity index is 1.56. The molecule has 4 aromatic rings. The Bertz CT molecular complexity index is 1570. The minimum atomic E-state index is -4.63. The fourth-order valence-electron chi connectivity index (χ4n) is 3.89. The molecule has 3 heterocycles. The predicted octanol–water partition coefficient (Wildman–Crippen LogP) is 5.71. The number of benzene rings is 2. The number of hydrogen-bond acceptors (Lipinski definition) is 8. The monoisotopic (exact) mass is 537 g/mol. The van der Waals surface area contributed by atoms with Crippen molar-refractivity contribution in [1.29, 1.82) is 0 Å². The zero-order chi connectivity index (χ0) is 27.6. The summed E-state index contributed by atoms with van der Waals surface area (Å²) in [5, 5.41) is 6.85. The first-order valence-corrected chi connectivity index (χ1v) is 11.8. The van der Waals surface area contributed by atoms with Crippen molar-refractivity contribution in [2.24, 2.45) is 0 Å². The summed E-state index contributed by atoms with van der Waals surface area (Å²) in [6.45, 7) is 3.58. The van der Waals surface area contributed by atoms with Crippen molar-refractivity contribution < 1.29 is 32.2 Å². The van der Waals surface area contributed by atoms with Gasteiger partial charge in [0.1, 0.15) is 0 Å². The van der Waals surface area contributed by atoms with E-state index >= 15 is 0 Å². The molecule has 1 aliphatic heterocycles. The van der Waals surface area contributed by atoms with E-state index in [9.17, 15) is 18.0 Å². The van der Waals surface area contributed by atoms with Crippen molar-refractivity contribution in [2.75, 3.05) is 18.7 Å². The molecule has 5 rings (SSSR count). The van der Waals surface area contributed by atoms with E-state index in [1.54, 1.807) is 55.5 Å². The topological polar surface area (TPSA) is 100 Å². The van der Waals surface area contributed by atoms with Crippen molar-refractivity contribution in [3.05, 3.63) is 77.8 Å². The third-order valence-corrected chi connectivity index (χ3v) is 5.67. The van der Waals surface area contributed by atoms with Gasteiger partial charge in [0.15, 0.2) is 23.0 Å². The van der Waals surface area contributed by atoms with Crippen molar-refractivity contribution in [1.82, 2.24) is 19.7 Å². The van der Waals surface area contributed by atoms with Crippen LogP contribution in [0.25, 0.3) is 23.0 Å². The first kappa shape index (κ1) is 25.8. The molecule has 0 spiro atoms. The van der Waals surface area contributed by atoms with E-state index in [0.717, 1.165) is 10.7 Å². The lowest BCUT2D eigenvalue weighted by atomic mass is 10.0. The molecule has 0 saturated carbocycles. The van der Waals surface area contributed by atoms with Crippen LogP contribution >= 0.6 is 0 Å². The molecule has 200 valence electrons. The van der Waals surface area contributed by atoms with E-state index in [1.807, 2.05) is 0 Å². The molecular weight excluding hydrogens is 515 g/mol. The van der Waals surface area contributed by atoms with Crippen LogP contribution in [0.1, 0.15) is 23.9 Å². The van der Waals surface area contributed by atoms with E-state index in [0.29, 0.717) is 33.9 Å². The van der Waals surface area contributed by atoms with Crippen molar-refractivity contribution in [2.45, 2.75) is 20.0 Å². The van der Waals surface area contributed by atoms with Crippen molar-refractivity contribution in [3.63, 3.8) is 0 Å². The maximum atomic E-state index is 13.5. The van der Waals surface area contributed by atoms with Crippen LogP contribution in [-0.2, 0) is 15.7 Å². The summed E-state index contributed by atoms with van der Waals surface area (Å²) in [6, 6.07) is 13.2. The molecule has 0 fully saturated rings. The van der Waals surface area contributed by atoms with Crippen LogP contribution in [-0.4, -0.2) is 39.1 Å². The first-order chi connectivity index (χ1) is 18.7. The third kappa shape index (κ3) is 5.69. The number of aryl methyl sites for hydroxylation is 1. The van der Waals surface area contributed by atoms with Gasteiger partial charge in [-0.25, -0.2) is 14.5 Å². The standard InChI is InChI=1S/C27H22F3N5O4/c1-3-37-24(36)10-7-17-5-4-6-18(12-17)20-14-31-26(32-19-8-9-21-22(13-19)39-15-38-21)33-25(20)35-16(2)11-23(34-35)27(28,29)30/h4-14H,3,15H2,1-2H3,(H,31,32,33)/b10-7+. The van der Waals surface area contributed by atoms with Crippen LogP contribution in [0.4, 0.5) is 24.8 Å². The maximum absolute atomic E-state index is 13.5. The van der Waals surface area contributed by atoms with Crippen LogP contribution in [0, 0.1) is 6.92 Å². The normalized spacial score (nSPS) is 12.6. The number of nitrogens with one attached hydrogen (secondary N) is 1. The summed E-state index contributed by atoms with van der Waals surface area (Å²) in [5.74, 6) is 0.920. The van der Waals surface area contributed by atoms with Crippen LogP contribution in [0.3, 0.4) is 0 Å². The second-order valence-electron chi connectivity index (χ2n) is 8.42. The minimum Gasteiger partial charge on any atom is -0.463 e. The van der Waals surface area contributed by atoms with E-state index in [1.165, 1.54) is 19.2 Å². The summed E-state index contributed by atoms with van der Waals surface area (Å²) < 4.78 is 57.2. The van der Waals surface area contributed by atoms with E-state index < -0.39 is 17.8 Å². The highest BCUT2D eigenvalue weighted by atomic mass is 19.4. The molecule has 1 N–H and O–H groups in total. The quantitative estimate of drug-likeness (QED) is 0.237. The van der Waals surface area contributed by atoms with Gasteiger partial charge in [0.05, 0.1) is 6.61 Å². The van der Waals surface area contributed by atoms with Gasteiger partial charge in [-0.3, -0.25) is 0 Å². The number of carbonyl (C=O) groups is 1. The van der Waals surface area contributed by atoms with Gasteiger partial charge >= 0.3 is 12.1 Å². The Hall–Kier alpha value is -4.87. The number of ether oxygens (including phenoxy) is 3. The second-order valence-corrected chi connectivity index (χ2v) is 8.42. The first-order valence-electron chi connectivity index (χ1n) is 11.8. The van der Waals surface area contributed by atoms with Crippen molar-refractivity contribution >= 4 is 23.7 Å². The Morgan fingerprint density at radius 1 is 1.15 bits per heavy atom. The van der Waals surface area contributed by atoms with Gasteiger partial charge in [-0.15, -0.1) is 0 Å². The number of halogens is 3.